The molecule has 1 aliphatic carbocycles. The summed E-state index contributed by atoms with van der Waals surface area (Å²) in [4.78, 5) is 45.2. The van der Waals surface area contributed by atoms with Crippen LogP contribution in [0, 0.1) is 5.41 Å². The van der Waals surface area contributed by atoms with E-state index in [4.69, 9.17) is 4.42 Å². The normalized spacial score (nSPS) is 22.7. The second-order valence-electron chi connectivity index (χ2n) is 9.66. The third-order valence-electron chi connectivity index (χ3n) is 7.94. The van der Waals surface area contributed by atoms with E-state index in [0.29, 0.717) is 22.5 Å². The van der Waals surface area contributed by atoms with Gasteiger partial charge in [0.05, 0.1) is 18.2 Å². The number of ketones is 3. The number of anilines is 1. The van der Waals surface area contributed by atoms with Gasteiger partial charge in [0.25, 0.3) is 0 Å². The molecule has 3 heterocycles. The van der Waals surface area contributed by atoms with Crippen LogP contribution in [-0.4, -0.2) is 29.4 Å². The Morgan fingerprint density at radius 3 is 2.24 bits per heavy atom. The predicted octanol–water partition coefficient (Wildman–Crippen LogP) is 6.36. The highest BCUT2D eigenvalue weighted by Gasteiger charge is 2.72. The van der Waals surface area contributed by atoms with Crippen LogP contribution in [0.5, 0.6) is 0 Å². The molecule has 1 aromatic heterocycles. The van der Waals surface area contributed by atoms with Crippen molar-refractivity contribution in [2.24, 2.45) is 5.41 Å². The quantitative estimate of drug-likeness (QED) is 0.220. The first-order chi connectivity index (χ1) is 18.0. The minimum atomic E-state index is -1.54. The number of carbonyl (C=O) groups is 3. The van der Waals surface area contributed by atoms with Crippen LogP contribution in [0.4, 0.5) is 5.69 Å². The molecule has 1 spiro atoms. The molecule has 1 saturated heterocycles. The first-order valence-corrected chi connectivity index (χ1v) is 12.9. The van der Waals surface area contributed by atoms with Gasteiger partial charge in [0, 0.05) is 26.9 Å². The average molecular weight is 550 g/mol. The number of nitrogens with zero attached hydrogens (tertiary/aromatic N) is 1. The Kier molecular flexibility index (Phi) is 4.79. The Bertz CT molecular complexity index is 1590. The van der Waals surface area contributed by atoms with Gasteiger partial charge in [0.15, 0.2) is 17.3 Å². The smallest absolute Gasteiger partial charge is 0.186 e. The van der Waals surface area contributed by atoms with E-state index >= 15 is 0 Å². The third-order valence-corrected chi connectivity index (χ3v) is 8.44. The molecule has 180 valence electrons. The number of carbonyl (C=O) groups excluding carboxylic acids is 3. The number of hydrogen-bond acceptors (Lipinski definition) is 5. The standard InChI is InChI=1S/C31H20BrNO4/c32-20-13-14-23-19(17-20)12-15-25-31(29(35)21-9-4-5-10-22(21)30(31)36)26(24-11-6-16-37-24)27(33(23)25)28(34)18-7-2-1-3-8-18/h1-17,25-27H/t25-,26+,27+/m1/s1. The van der Waals surface area contributed by atoms with Crippen LogP contribution in [0.2, 0.25) is 0 Å². The van der Waals surface area contributed by atoms with Crippen molar-refractivity contribution >= 4 is 45.0 Å². The average Bonchev–Trinajstić information content (AvgIpc) is 3.62. The lowest BCUT2D eigenvalue weighted by molar-refractivity contribution is 0.0652. The molecule has 6 heteroatoms. The van der Waals surface area contributed by atoms with Gasteiger partial charge < -0.3 is 9.32 Å². The first-order valence-electron chi connectivity index (χ1n) is 12.1. The van der Waals surface area contributed by atoms with E-state index in [9.17, 15) is 14.4 Å². The van der Waals surface area contributed by atoms with Crippen molar-refractivity contribution < 1.29 is 18.8 Å². The Balaban J connectivity index is 1.55. The van der Waals surface area contributed by atoms with Crippen molar-refractivity contribution in [3.05, 3.63) is 130 Å². The zero-order valence-corrected chi connectivity index (χ0v) is 21.1. The maximum Gasteiger partial charge on any atom is 0.186 e. The summed E-state index contributed by atoms with van der Waals surface area (Å²) in [5, 5.41) is 0. The third kappa shape index (κ3) is 2.87. The van der Waals surface area contributed by atoms with Gasteiger partial charge in [0.2, 0.25) is 0 Å². The van der Waals surface area contributed by atoms with Crippen molar-refractivity contribution in [2.75, 3.05) is 4.90 Å². The summed E-state index contributed by atoms with van der Waals surface area (Å²) in [6.45, 7) is 0. The molecule has 0 amide bonds. The van der Waals surface area contributed by atoms with Gasteiger partial charge in [-0.2, -0.15) is 0 Å². The first kappa shape index (κ1) is 22.2. The largest absolute Gasteiger partial charge is 0.469 e. The van der Waals surface area contributed by atoms with Gasteiger partial charge in [0.1, 0.15) is 17.2 Å². The van der Waals surface area contributed by atoms with Crippen molar-refractivity contribution in [1.29, 1.82) is 0 Å². The van der Waals surface area contributed by atoms with E-state index in [2.05, 4.69) is 15.9 Å². The van der Waals surface area contributed by atoms with E-state index in [1.165, 1.54) is 6.26 Å². The van der Waals surface area contributed by atoms with E-state index in [0.717, 1.165) is 15.7 Å². The van der Waals surface area contributed by atoms with Gasteiger partial charge in [-0.25, -0.2) is 0 Å². The molecule has 0 bridgehead atoms. The summed E-state index contributed by atoms with van der Waals surface area (Å²) >= 11 is 3.54. The van der Waals surface area contributed by atoms with E-state index in [-0.39, 0.29) is 17.3 Å². The van der Waals surface area contributed by atoms with Gasteiger partial charge in [-0.05, 0) is 35.9 Å². The number of Topliss-reactive ketones (excluding diaryl/α,β-unsaturated/α-hetero) is 3. The minimum absolute atomic E-state index is 0.162. The second-order valence-corrected chi connectivity index (χ2v) is 10.6. The van der Waals surface area contributed by atoms with Crippen LogP contribution in [-0.2, 0) is 0 Å². The highest BCUT2D eigenvalue weighted by atomic mass is 79.9. The molecule has 0 saturated carbocycles. The van der Waals surface area contributed by atoms with Gasteiger partial charge >= 0.3 is 0 Å². The van der Waals surface area contributed by atoms with Crippen molar-refractivity contribution in [3.8, 4) is 0 Å². The Morgan fingerprint density at radius 2 is 1.57 bits per heavy atom. The molecule has 0 N–H and O–H groups in total. The fourth-order valence-corrected chi connectivity index (χ4v) is 6.88. The van der Waals surface area contributed by atoms with Crippen LogP contribution < -0.4 is 4.90 Å². The molecule has 37 heavy (non-hydrogen) atoms. The Hall–Kier alpha value is -4.03. The highest BCUT2D eigenvalue weighted by Crippen LogP contribution is 2.61. The van der Waals surface area contributed by atoms with Crippen molar-refractivity contribution in [3.63, 3.8) is 0 Å². The second kappa shape index (κ2) is 7.98. The van der Waals surface area contributed by atoms with Crippen LogP contribution >= 0.6 is 15.9 Å². The molecule has 3 atom stereocenters. The van der Waals surface area contributed by atoms with E-state index < -0.39 is 23.4 Å². The fraction of sp³-hybridized carbons (Fsp3) is 0.129. The van der Waals surface area contributed by atoms with Gasteiger partial charge in [-0.15, -0.1) is 0 Å². The fourth-order valence-electron chi connectivity index (χ4n) is 6.50. The number of rotatable bonds is 3. The molecular formula is C31H20BrNO4. The predicted molar refractivity (Wildman–Crippen MR) is 143 cm³/mol. The minimum Gasteiger partial charge on any atom is -0.469 e. The number of halogens is 1. The van der Waals surface area contributed by atoms with E-state index in [1.54, 1.807) is 48.5 Å². The lowest BCUT2D eigenvalue weighted by Gasteiger charge is -2.37. The number of furan rings is 1. The summed E-state index contributed by atoms with van der Waals surface area (Å²) < 4.78 is 6.81. The van der Waals surface area contributed by atoms with Gasteiger partial charge in [-0.3, -0.25) is 14.4 Å². The van der Waals surface area contributed by atoms with Gasteiger partial charge in [-0.1, -0.05) is 82.7 Å². The van der Waals surface area contributed by atoms with Crippen LogP contribution in [0.15, 0.2) is 106 Å². The summed E-state index contributed by atoms with van der Waals surface area (Å²) in [5.74, 6) is -1.07. The molecule has 1 fully saturated rings. The summed E-state index contributed by atoms with van der Waals surface area (Å²) in [6.07, 6.45) is 5.38. The number of fused-ring (bicyclic) bond motifs is 5. The molecule has 0 unspecified atom stereocenters. The van der Waals surface area contributed by atoms with Crippen LogP contribution in [0.3, 0.4) is 0 Å². The Morgan fingerprint density at radius 1 is 0.865 bits per heavy atom. The SMILES string of the molecule is O=C(c1ccccc1)[C@@H]1[C@H](c2ccco2)C2(C(=O)c3ccccc3C2=O)[C@H]2C=Cc3cc(Br)ccc3N12. The van der Waals surface area contributed by atoms with Crippen molar-refractivity contribution in [1.82, 2.24) is 0 Å². The monoisotopic (exact) mass is 549 g/mol. The topological polar surface area (TPSA) is 67.6 Å². The van der Waals surface area contributed by atoms with Crippen LogP contribution in [0.1, 0.15) is 48.3 Å². The summed E-state index contributed by atoms with van der Waals surface area (Å²) in [6, 6.07) is 23.8. The molecule has 5 nitrogen and oxygen atoms in total. The molecular weight excluding hydrogens is 530 g/mol. The lowest BCUT2D eigenvalue weighted by Crippen LogP contribution is -2.48. The molecule has 3 aromatic carbocycles. The molecule has 4 aromatic rings. The molecule has 0 radical (unpaired) electrons. The van der Waals surface area contributed by atoms with E-state index in [1.807, 2.05) is 53.5 Å². The zero-order valence-electron chi connectivity index (χ0n) is 19.5. The molecule has 2 aliphatic heterocycles. The number of benzene rings is 3. The number of hydrogen-bond donors (Lipinski definition) is 0. The molecule has 7 rings (SSSR count). The summed E-state index contributed by atoms with van der Waals surface area (Å²) in [7, 11) is 0. The molecule has 3 aliphatic rings. The maximum atomic E-state index is 14.4. The maximum absolute atomic E-state index is 14.4. The zero-order chi connectivity index (χ0) is 25.3. The summed E-state index contributed by atoms with van der Waals surface area (Å²) in [5.41, 5.74) is 1.47. The Labute approximate surface area is 221 Å². The van der Waals surface area contributed by atoms with Crippen molar-refractivity contribution in [2.45, 2.75) is 18.0 Å². The van der Waals surface area contributed by atoms with Crippen LogP contribution in [0.25, 0.3) is 6.08 Å². The highest BCUT2D eigenvalue weighted by molar-refractivity contribution is 9.10. The lowest BCUT2D eigenvalue weighted by atomic mass is 9.65.